The summed E-state index contributed by atoms with van der Waals surface area (Å²) in [5.41, 5.74) is 0.930. The smallest absolute Gasteiger partial charge is 0.126 e. The van der Waals surface area contributed by atoms with Crippen molar-refractivity contribution in [2.75, 3.05) is 5.32 Å². The van der Waals surface area contributed by atoms with Gasteiger partial charge in [-0.3, -0.25) is 0 Å². The molecule has 0 bridgehead atoms. The van der Waals surface area contributed by atoms with Crippen molar-refractivity contribution in [3.05, 3.63) is 50.4 Å². The first-order valence-corrected chi connectivity index (χ1v) is 6.53. The molecule has 1 aromatic carbocycles. The normalized spacial score (nSPS) is 9.94. The summed E-state index contributed by atoms with van der Waals surface area (Å²) in [6.45, 7) is 0.604. The number of nitrogens with one attached hydrogen (secondary N) is 1. The van der Waals surface area contributed by atoms with Crippen molar-refractivity contribution >= 4 is 33.0 Å². The Bertz CT molecular complexity index is 574. The van der Waals surface area contributed by atoms with Crippen LogP contribution in [0.4, 0.5) is 10.1 Å². The lowest BCUT2D eigenvalue weighted by Gasteiger charge is -2.06. The Kier molecular flexibility index (Phi) is 3.77. The van der Waals surface area contributed by atoms with E-state index in [1.165, 1.54) is 12.1 Å². The molecular formula is C12H8BrFN2S. The van der Waals surface area contributed by atoms with E-state index in [2.05, 4.69) is 21.2 Å². The standard InChI is InChI=1S/C12H8BrFN2S/c13-11-1-2-17-12(11)7-16-10-4-8(6-15)3-9(14)5-10/h1-5,16H,7H2. The number of nitriles is 1. The summed E-state index contributed by atoms with van der Waals surface area (Å²) in [4.78, 5) is 1.13. The maximum atomic E-state index is 13.2. The van der Waals surface area contributed by atoms with Gasteiger partial charge in [-0.25, -0.2) is 4.39 Å². The third-order valence-corrected chi connectivity index (χ3v) is 4.10. The van der Waals surface area contributed by atoms with Gasteiger partial charge in [0.05, 0.1) is 18.2 Å². The third kappa shape index (κ3) is 3.05. The highest BCUT2D eigenvalue weighted by Gasteiger charge is 2.03. The first-order chi connectivity index (χ1) is 8.19. The molecule has 1 aromatic heterocycles. The maximum absolute atomic E-state index is 13.2. The minimum atomic E-state index is -0.406. The van der Waals surface area contributed by atoms with Crippen LogP contribution < -0.4 is 5.32 Å². The maximum Gasteiger partial charge on any atom is 0.126 e. The summed E-state index contributed by atoms with van der Waals surface area (Å²) in [6, 6.07) is 8.11. The van der Waals surface area contributed by atoms with Crippen LogP contribution in [0.3, 0.4) is 0 Å². The summed E-state index contributed by atoms with van der Waals surface area (Å²) in [5.74, 6) is -0.406. The van der Waals surface area contributed by atoms with Gasteiger partial charge in [-0.2, -0.15) is 5.26 Å². The predicted octanol–water partition coefficient (Wildman–Crippen LogP) is 4.13. The van der Waals surface area contributed by atoms with Crippen LogP contribution >= 0.6 is 27.3 Å². The number of rotatable bonds is 3. The highest BCUT2D eigenvalue weighted by Crippen LogP contribution is 2.24. The average molecular weight is 311 g/mol. The molecule has 0 aliphatic carbocycles. The van der Waals surface area contributed by atoms with E-state index >= 15 is 0 Å². The Morgan fingerprint density at radius 1 is 1.41 bits per heavy atom. The molecule has 1 N–H and O–H groups in total. The second-order valence-electron chi connectivity index (χ2n) is 3.39. The van der Waals surface area contributed by atoms with Crippen molar-refractivity contribution in [1.29, 1.82) is 5.26 Å². The molecule has 0 atom stereocenters. The highest BCUT2D eigenvalue weighted by atomic mass is 79.9. The van der Waals surface area contributed by atoms with Crippen molar-refractivity contribution in [3.8, 4) is 6.07 Å². The zero-order chi connectivity index (χ0) is 12.3. The fraction of sp³-hybridized carbons (Fsp3) is 0.0833. The lowest BCUT2D eigenvalue weighted by molar-refractivity contribution is 0.627. The summed E-state index contributed by atoms with van der Waals surface area (Å²) in [5, 5.41) is 13.8. The van der Waals surface area contributed by atoms with E-state index in [1.807, 2.05) is 17.5 Å². The van der Waals surface area contributed by atoms with Gasteiger partial charge in [0.25, 0.3) is 0 Å². The van der Waals surface area contributed by atoms with Crippen LogP contribution in [0.25, 0.3) is 0 Å². The minimum Gasteiger partial charge on any atom is -0.380 e. The molecule has 1 heterocycles. The lowest BCUT2D eigenvalue weighted by Crippen LogP contribution is -1.99. The van der Waals surface area contributed by atoms with Gasteiger partial charge in [0.15, 0.2) is 0 Å². The molecule has 0 saturated carbocycles. The van der Waals surface area contributed by atoms with Crippen LogP contribution in [0.2, 0.25) is 0 Å². The Labute approximate surface area is 111 Å². The van der Waals surface area contributed by atoms with Crippen LogP contribution in [-0.2, 0) is 6.54 Å². The Morgan fingerprint density at radius 3 is 2.88 bits per heavy atom. The van der Waals surface area contributed by atoms with Gasteiger partial charge in [0, 0.05) is 15.0 Å². The van der Waals surface area contributed by atoms with Gasteiger partial charge in [0.2, 0.25) is 0 Å². The number of halogens is 2. The van der Waals surface area contributed by atoms with Gasteiger partial charge in [-0.05, 0) is 45.6 Å². The summed E-state index contributed by atoms with van der Waals surface area (Å²) in [7, 11) is 0. The molecule has 0 aliphatic heterocycles. The fourth-order valence-electron chi connectivity index (χ4n) is 1.39. The molecule has 0 unspecified atom stereocenters. The van der Waals surface area contributed by atoms with Gasteiger partial charge in [-0.1, -0.05) is 0 Å². The molecule has 2 nitrogen and oxygen atoms in total. The zero-order valence-electron chi connectivity index (χ0n) is 8.71. The molecule has 2 rings (SSSR count). The topological polar surface area (TPSA) is 35.8 Å². The summed E-state index contributed by atoms with van der Waals surface area (Å²) >= 11 is 5.04. The molecule has 17 heavy (non-hydrogen) atoms. The van der Waals surface area contributed by atoms with Crippen molar-refractivity contribution < 1.29 is 4.39 Å². The predicted molar refractivity (Wildman–Crippen MR) is 70.5 cm³/mol. The third-order valence-electron chi connectivity index (χ3n) is 2.17. The van der Waals surface area contributed by atoms with Crippen LogP contribution in [0.1, 0.15) is 10.4 Å². The Balaban J connectivity index is 2.12. The molecule has 0 amide bonds. The van der Waals surface area contributed by atoms with E-state index < -0.39 is 5.82 Å². The Hall–Kier alpha value is -1.38. The molecule has 2 aromatic rings. The van der Waals surface area contributed by atoms with E-state index in [1.54, 1.807) is 17.4 Å². The number of hydrogen-bond donors (Lipinski definition) is 1. The fourth-order valence-corrected chi connectivity index (χ4v) is 2.82. The van der Waals surface area contributed by atoms with E-state index in [9.17, 15) is 4.39 Å². The van der Waals surface area contributed by atoms with E-state index in [4.69, 9.17) is 5.26 Å². The summed E-state index contributed by atoms with van der Waals surface area (Å²) < 4.78 is 14.2. The molecule has 5 heteroatoms. The lowest BCUT2D eigenvalue weighted by atomic mass is 10.2. The average Bonchev–Trinajstić information content (AvgIpc) is 2.71. The van der Waals surface area contributed by atoms with Crippen molar-refractivity contribution in [2.45, 2.75) is 6.54 Å². The van der Waals surface area contributed by atoms with E-state index in [0.717, 1.165) is 9.35 Å². The van der Waals surface area contributed by atoms with Gasteiger partial charge < -0.3 is 5.32 Å². The first-order valence-electron chi connectivity index (χ1n) is 4.85. The number of anilines is 1. The number of nitrogens with zero attached hydrogens (tertiary/aromatic N) is 1. The van der Waals surface area contributed by atoms with Crippen molar-refractivity contribution in [2.24, 2.45) is 0 Å². The van der Waals surface area contributed by atoms with E-state index in [0.29, 0.717) is 17.8 Å². The highest BCUT2D eigenvalue weighted by molar-refractivity contribution is 9.10. The van der Waals surface area contributed by atoms with Crippen LogP contribution in [0, 0.1) is 17.1 Å². The number of thiophene rings is 1. The monoisotopic (exact) mass is 310 g/mol. The molecule has 0 fully saturated rings. The SMILES string of the molecule is N#Cc1cc(F)cc(NCc2sccc2Br)c1. The van der Waals surface area contributed by atoms with Crippen LogP contribution in [0.15, 0.2) is 34.1 Å². The second kappa shape index (κ2) is 5.30. The largest absolute Gasteiger partial charge is 0.380 e. The molecule has 86 valence electrons. The van der Waals surface area contributed by atoms with Gasteiger partial charge in [-0.15, -0.1) is 11.3 Å². The molecule has 0 saturated heterocycles. The number of benzene rings is 1. The summed E-state index contributed by atoms with van der Waals surface area (Å²) in [6.07, 6.45) is 0. The zero-order valence-corrected chi connectivity index (χ0v) is 11.1. The van der Waals surface area contributed by atoms with Gasteiger partial charge >= 0.3 is 0 Å². The van der Waals surface area contributed by atoms with Crippen LogP contribution in [-0.4, -0.2) is 0 Å². The van der Waals surface area contributed by atoms with Crippen molar-refractivity contribution in [3.63, 3.8) is 0 Å². The molecule has 0 spiro atoms. The molecule has 0 aliphatic rings. The quantitative estimate of drug-likeness (QED) is 0.925. The molecule has 0 radical (unpaired) electrons. The van der Waals surface area contributed by atoms with Gasteiger partial charge in [0.1, 0.15) is 5.82 Å². The number of hydrogen-bond acceptors (Lipinski definition) is 3. The Morgan fingerprint density at radius 2 is 2.24 bits per heavy atom. The van der Waals surface area contributed by atoms with Crippen LogP contribution in [0.5, 0.6) is 0 Å². The van der Waals surface area contributed by atoms with E-state index in [-0.39, 0.29) is 0 Å². The minimum absolute atomic E-state index is 0.317. The first kappa shape index (κ1) is 12.1. The second-order valence-corrected chi connectivity index (χ2v) is 5.24. The van der Waals surface area contributed by atoms with Crippen molar-refractivity contribution in [1.82, 2.24) is 0 Å². The molecular weight excluding hydrogens is 303 g/mol.